The van der Waals surface area contributed by atoms with Crippen LogP contribution in [0.15, 0.2) is 18.2 Å². The Morgan fingerprint density at radius 1 is 1.47 bits per heavy atom. The molecule has 0 unspecified atom stereocenters. The van der Waals surface area contributed by atoms with Crippen LogP contribution in [0.25, 0.3) is 0 Å². The maximum atomic E-state index is 13.0. The number of carbonyl (C=O) groups is 1. The second-order valence-corrected chi connectivity index (χ2v) is 4.31. The standard InChI is InChI=1S/C11H13FO2S/c1-2-3-15-7-8-4-9(11(13)14)6-10(12)5-8/h4-6H,2-3,7H2,1H3,(H,13,14). The van der Waals surface area contributed by atoms with E-state index in [0.717, 1.165) is 23.8 Å². The fourth-order valence-corrected chi connectivity index (χ4v) is 2.03. The molecule has 1 aromatic rings. The van der Waals surface area contributed by atoms with Crippen LogP contribution in [0.5, 0.6) is 0 Å². The summed E-state index contributed by atoms with van der Waals surface area (Å²) in [5.41, 5.74) is 0.743. The fraction of sp³-hybridized carbons (Fsp3) is 0.364. The van der Waals surface area contributed by atoms with E-state index in [0.29, 0.717) is 5.75 Å². The van der Waals surface area contributed by atoms with Gasteiger partial charge in [-0.15, -0.1) is 0 Å². The minimum atomic E-state index is -1.09. The number of halogens is 1. The highest BCUT2D eigenvalue weighted by atomic mass is 32.2. The van der Waals surface area contributed by atoms with Crippen molar-refractivity contribution in [1.82, 2.24) is 0 Å². The number of carboxylic acid groups (broad SMARTS) is 1. The number of aromatic carboxylic acids is 1. The summed E-state index contributed by atoms with van der Waals surface area (Å²) in [6.07, 6.45) is 1.06. The lowest BCUT2D eigenvalue weighted by molar-refractivity contribution is 0.0696. The first-order valence-corrected chi connectivity index (χ1v) is 5.89. The number of hydrogen-bond donors (Lipinski definition) is 1. The Kier molecular flexibility index (Phi) is 4.62. The summed E-state index contributed by atoms with van der Waals surface area (Å²) in [6, 6.07) is 3.94. The Hall–Kier alpha value is -1.03. The Morgan fingerprint density at radius 2 is 2.20 bits per heavy atom. The third-order valence-corrected chi connectivity index (χ3v) is 3.06. The molecule has 0 aliphatic rings. The van der Waals surface area contributed by atoms with Crippen LogP contribution >= 0.6 is 11.8 Å². The van der Waals surface area contributed by atoms with E-state index >= 15 is 0 Å². The van der Waals surface area contributed by atoms with Gasteiger partial charge in [-0.2, -0.15) is 11.8 Å². The first kappa shape index (κ1) is 12.0. The van der Waals surface area contributed by atoms with Crippen molar-refractivity contribution in [3.05, 3.63) is 35.1 Å². The van der Waals surface area contributed by atoms with Crippen molar-refractivity contribution in [3.8, 4) is 0 Å². The first-order chi connectivity index (χ1) is 7.13. The van der Waals surface area contributed by atoms with Gasteiger partial charge < -0.3 is 5.11 Å². The Bertz CT molecular complexity index is 352. The van der Waals surface area contributed by atoms with Crippen molar-refractivity contribution in [2.75, 3.05) is 5.75 Å². The summed E-state index contributed by atoms with van der Waals surface area (Å²) in [6.45, 7) is 2.07. The van der Waals surface area contributed by atoms with Crippen LogP contribution in [0.1, 0.15) is 29.3 Å². The quantitative estimate of drug-likeness (QED) is 0.786. The normalized spacial score (nSPS) is 10.3. The van der Waals surface area contributed by atoms with Gasteiger partial charge in [-0.05, 0) is 35.9 Å². The Balaban J connectivity index is 2.75. The third-order valence-electron chi connectivity index (χ3n) is 1.82. The van der Waals surface area contributed by atoms with Gasteiger partial charge >= 0.3 is 5.97 Å². The summed E-state index contributed by atoms with van der Waals surface area (Å²) < 4.78 is 13.0. The Morgan fingerprint density at radius 3 is 2.80 bits per heavy atom. The van der Waals surface area contributed by atoms with Crippen LogP contribution in [-0.4, -0.2) is 16.8 Å². The molecule has 0 saturated heterocycles. The highest BCUT2D eigenvalue weighted by Crippen LogP contribution is 2.16. The van der Waals surface area contributed by atoms with E-state index in [2.05, 4.69) is 6.92 Å². The molecule has 1 rings (SSSR count). The molecule has 2 nitrogen and oxygen atoms in total. The fourth-order valence-electron chi connectivity index (χ4n) is 1.19. The molecule has 0 saturated carbocycles. The minimum absolute atomic E-state index is 0.0158. The molecule has 0 radical (unpaired) electrons. The molecule has 1 aromatic carbocycles. The van der Waals surface area contributed by atoms with Crippen molar-refractivity contribution in [2.45, 2.75) is 19.1 Å². The van der Waals surface area contributed by atoms with E-state index in [4.69, 9.17) is 5.11 Å². The molecule has 0 heterocycles. The SMILES string of the molecule is CCCSCc1cc(F)cc(C(=O)O)c1. The molecule has 0 spiro atoms. The maximum absolute atomic E-state index is 13.0. The predicted octanol–water partition coefficient (Wildman–Crippen LogP) is 3.17. The summed E-state index contributed by atoms with van der Waals surface area (Å²) >= 11 is 1.68. The monoisotopic (exact) mass is 228 g/mol. The second-order valence-electron chi connectivity index (χ2n) is 3.21. The van der Waals surface area contributed by atoms with Crippen LogP contribution in [0.4, 0.5) is 4.39 Å². The smallest absolute Gasteiger partial charge is 0.335 e. The first-order valence-electron chi connectivity index (χ1n) is 4.74. The van der Waals surface area contributed by atoms with Crippen LogP contribution in [0.3, 0.4) is 0 Å². The van der Waals surface area contributed by atoms with Crippen LogP contribution < -0.4 is 0 Å². The Labute approximate surface area is 92.5 Å². The summed E-state index contributed by atoms with van der Waals surface area (Å²) in [4.78, 5) is 10.7. The molecule has 0 aliphatic heterocycles. The van der Waals surface area contributed by atoms with Crippen molar-refractivity contribution in [3.63, 3.8) is 0 Å². The second kappa shape index (κ2) is 5.75. The van der Waals surface area contributed by atoms with Gasteiger partial charge in [-0.1, -0.05) is 6.92 Å². The number of rotatable bonds is 5. The average Bonchev–Trinajstić information content (AvgIpc) is 2.17. The topological polar surface area (TPSA) is 37.3 Å². The lowest BCUT2D eigenvalue weighted by Crippen LogP contribution is -1.98. The van der Waals surface area contributed by atoms with Crippen molar-refractivity contribution in [1.29, 1.82) is 0 Å². The molecule has 1 N–H and O–H groups in total. The molecule has 0 aromatic heterocycles. The van der Waals surface area contributed by atoms with Gasteiger partial charge in [0.25, 0.3) is 0 Å². The highest BCUT2D eigenvalue weighted by molar-refractivity contribution is 7.98. The van der Waals surface area contributed by atoms with Crippen LogP contribution in [0.2, 0.25) is 0 Å². The average molecular weight is 228 g/mol. The minimum Gasteiger partial charge on any atom is -0.478 e. The highest BCUT2D eigenvalue weighted by Gasteiger charge is 2.06. The number of carboxylic acids is 1. The van der Waals surface area contributed by atoms with E-state index in [-0.39, 0.29) is 5.56 Å². The molecule has 0 aliphatic carbocycles. The predicted molar refractivity (Wildman–Crippen MR) is 59.8 cm³/mol. The van der Waals surface area contributed by atoms with Gasteiger partial charge in [-0.25, -0.2) is 9.18 Å². The molecule has 15 heavy (non-hydrogen) atoms. The number of hydrogen-bond acceptors (Lipinski definition) is 2. The number of thioether (sulfide) groups is 1. The summed E-state index contributed by atoms with van der Waals surface area (Å²) in [7, 11) is 0. The van der Waals surface area contributed by atoms with E-state index < -0.39 is 11.8 Å². The van der Waals surface area contributed by atoms with Gasteiger partial charge in [0.15, 0.2) is 0 Å². The van der Waals surface area contributed by atoms with Crippen molar-refractivity contribution >= 4 is 17.7 Å². The molecular weight excluding hydrogens is 215 g/mol. The lowest BCUT2D eigenvalue weighted by atomic mass is 10.1. The van der Waals surface area contributed by atoms with Crippen molar-refractivity contribution in [2.24, 2.45) is 0 Å². The zero-order valence-corrected chi connectivity index (χ0v) is 9.31. The van der Waals surface area contributed by atoms with Gasteiger partial charge in [0.1, 0.15) is 5.82 Å². The summed E-state index contributed by atoms with van der Waals surface area (Å²) in [5.74, 6) is 0.0865. The molecular formula is C11H13FO2S. The zero-order valence-electron chi connectivity index (χ0n) is 8.50. The van der Waals surface area contributed by atoms with Gasteiger partial charge in [0.05, 0.1) is 5.56 Å². The largest absolute Gasteiger partial charge is 0.478 e. The van der Waals surface area contributed by atoms with Gasteiger partial charge in [0, 0.05) is 5.75 Å². The van der Waals surface area contributed by atoms with Crippen LogP contribution in [-0.2, 0) is 5.75 Å². The zero-order chi connectivity index (χ0) is 11.3. The van der Waals surface area contributed by atoms with Crippen LogP contribution in [0, 0.1) is 5.82 Å². The lowest BCUT2D eigenvalue weighted by Gasteiger charge is -2.03. The van der Waals surface area contributed by atoms with Crippen molar-refractivity contribution < 1.29 is 14.3 Å². The van der Waals surface area contributed by atoms with E-state index in [9.17, 15) is 9.18 Å². The van der Waals surface area contributed by atoms with E-state index in [1.807, 2.05) is 0 Å². The van der Waals surface area contributed by atoms with E-state index in [1.54, 1.807) is 11.8 Å². The van der Waals surface area contributed by atoms with E-state index in [1.165, 1.54) is 12.1 Å². The molecule has 0 atom stereocenters. The maximum Gasteiger partial charge on any atom is 0.335 e. The molecule has 82 valence electrons. The van der Waals surface area contributed by atoms with Gasteiger partial charge in [0.2, 0.25) is 0 Å². The molecule has 4 heteroatoms. The molecule has 0 amide bonds. The summed E-state index contributed by atoms with van der Waals surface area (Å²) in [5, 5.41) is 8.73. The number of benzene rings is 1. The third kappa shape index (κ3) is 3.91. The molecule has 0 bridgehead atoms. The molecule has 0 fully saturated rings. The van der Waals surface area contributed by atoms with Gasteiger partial charge in [-0.3, -0.25) is 0 Å².